The highest BCUT2D eigenvalue weighted by atomic mass is 35.5. The fraction of sp³-hybridized carbons (Fsp3) is 0.312. The Balaban J connectivity index is 1.83. The van der Waals surface area contributed by atoms with Crippen molar-refractivity contribution < 1.29 is 13.5 Å². The van der Waals surface area contributed by atoms with Gasteiger partial charge in [-0.05, 0) is 30.2 Å². The van der Waals surface area contributed by atoms with Gasteiger partial charge in [0.1, 0.15) is 11.3 Å². The lowest BCUT2D eigenvalue weighted by Crippen LogP contribution is -2.27. The van der Waals surface area contributed by atoms with Crippen LogP contribution in [0.1, 0.15) is 13.3 Å². The van der Waals surface area contributed by atoms with Crippen LogP contribution in [0.4, 0.5) is 8.78 Å². The molecule has 1 aromatic heterocycles. The molecule has 0 saturated heterocycles. The number of ether oxygens (including phenoxy) is 1. The van der Waals surface area contributed by atoms with Crippen LogP contribution in [0.15, 0.2) is 53.1 Å². The average molecular weight is 353 g/mol. The molecule has 0 N–H and O–H groups in total. The summed E-state index contributed by atoms with van der Waals surface area (Å²) in [6.45, 7) is -0.339. The second kappa shape index (κ2) is 6.68. The van der Waals surface area contributed by atoms with Gasteiger partial charge < -0.3 is 4.74 Å². The third-order valence-electron chi connectivity index (χ3n) is 3.87. The van der Waals surface area contributed by atoms with Crippen LogP contribution >= 0.6 is 11.6 Å². The van der Waals surface area contributed by atoms with Gasteiger partial charge in [-0.25, -0.2) is 0 Å². The molecule has 2 heterocycles. The van der Waals surface area contributed by atoms with Gasteiger partial charge in [0.2, 0.25) is 0 Å². The number of hydrogen-bond acceptors (Lipinski definition) is 4. The van der Waals surface area contributed by atoms with E-state index in [0.29, 0.717) is 12.1 Å². The standard InChI is InChI=1S/C16H15ClF2N4O/c1-2-16(5-6-20-22-16)10-23-9-12(8-21-23)11-3-4-13(17)14(7-11)24-15(18)19/h3-9,15H,2,10H2,1H3. The Morgan fingerprint density at radius 1 is 1.33 bits per heavy atom. The quantitative estimate of drug-likeness (QED) is 0.739. The third-order valence-corrected chi connectivity index (χ3v) is 4.18. The van der Waals surface area contributed by atoms with Crippen molar-refractivity contribution in [3.8, 4) is 16.9 Å². The summed E-state index contributed by atoms with van der Waals surface area (Å²) < 4.78 is 31.0. The molecule has 0 radical (unpaired) electrons. The van der Waals surface area contributed by atoms with E-state index in [4.69, 9.17) is 11.6 Å². The van der Waals surface area contributed by atoms with Crippen molar-refractivity contribution >= 4 is 11.6 Å². The number of halogens is 3. The Labute approximate surface area is 142 Å². The van der Waals surface area contributed by atoms with Crippen LogP contribution in [0, 0.1) is 0 Å². The number of rotatable bonds is 6. The second-order valence-corrected chi connectivity index (χ2v) is 5.85. The Morgan fingerprint density at radius 2 is 2.17 bits per heavy atom. The van der Waals surface area contributed by atoms with E-state index in [-0.39, 0.29) is 16.3 Å². The van der Waals surface area contributed by atoms with Gasteiger partial charge in [-0.2, -0.15) is 24.1 Å². The van der Waals surface area contributed by atoms with Gasteiger partial charge in [0.25, 0.3) is 0 Å². The van der Waals surface area contributed by atoms with E-state index in [0.717, 1.165) is 12.0 Å². The first-order valence-electron chi connectivity index (χ1n) is 7.38. The van der Waals surface area contributed by atoms with Gasteiger partial charge in [0.05, 0.1) is 17.8 Å². The minimum Gasteiger partial charge on any atom is -0.433 e. The minimum atomic E-state index is -2.93. The van der Waals surface area contributed by atoms with Crippen LogP contribution in [0.5, 0.6) is 5.75 Å². The maximum atomic E-state index is 12.4. The second-order valence-electron chi connectivity index (χ2n) is 5.44. The number of hydrogen-bond donors (Lipinski definition) is 0. The molecular formula is C16H15ClF2N4O. The molecule has 1 atom stereocenters. The summed E-state index contributed by atoms with van der Waals surface area (Å²) in [5.74, 6) is -0.0607. The lowest BCUT2D eigenvalue weighted by Gasteiger charge is -2.20. The molecule has 0 fully saturated rings. The molecule has 0 amide bonds. The molecule has 2 aromatic rings. The van der Waals surface area contributed by atoms with Crippen molar-refractivity contribution in [1.82, 2.24) is 9.78 Å². The Hall–Kier alpha value is -2.28. The molecule has 24 heavy (non-hydrogen) atoms. The normalized spacial score (nSPS) is 19.4. The van der Waals surface area contributed by atoms with E-state index in [1.165, 1.54) is 12.1 Å². The zero-order valence-electron chi connectivity index (χ0n) is 12.9. The predicted molar refractivity (Wildman–Crippen MR) is 86.3 cm³/mol. The average Bonchev–Trinajstić information content (AvgIpc) is 3.20. The SMILES string of the molecule is CCC1(Cn2cc(-c3ccc(Cl)c(OC(F)F)c3)cn2)C=CN=N1. The summed E-state index contributed by atoms with van der Waals surface area (Å²) >= 11 is 5.87. The maximum Gasteiger partial charge on any atom is 0.387 e. The van der Waals surface area contributed by atoms with Crippen LogP contribution < -0.4 is 4.74 Å². The van der Waals surface area contributed by atoms with Crippen LogP contribution in [-0.4, -0.2) is 21.9 Å². The highest BCUT2D eigenvalue weighted by molar-refractivity contribution is 6.32. The monoisotopic (exact) mass is 352 g/mol. The van der Waals surface area contributed by atoms with E-state index in [9.17, 15) is 8.78 Å². The minimum absolute atomic E-state index is 0.0607. The molecule has 0 aliphatic carbocycles. The molecule has 3 rings (SSSR count). The summed E-state index contributed by atoms with van der Waals surface area (Å²) in [6.07, 6.45) is 7.92. The van der Waals surface area contributed by atoms with Crippen molar-refractivity contribution in [3.05, 3.63) is 47.9 Å². The first-order valence-corrected chi connectivity index (χ1v) is 7.76. The molecule has 5 nitrogen and oxygen atoms in total. The van der Waals surface area contributed by atoms with Gasteiger partial charge in [0, 0.05) is 18.0 Å². The van der Waals surface area contributed by atoms with E-state index < -0.39 is 6.61 Å². The van der Waals surface area contributed by atoms with Gasteiger partial charge in [-0.1, -0.05) is 24.6 Å². The lowest BCUT2D eigenvalue weighted by molar-refractivity contribution is -0.0497. The van der Waals surface area contributed by atoms with Crippen molar-refractivity contribution in [2.24, 2.45) is 10.2 Å². The molecule has 0 bridgehead atoms. The summed E-state index contributed by atoms with van der Waals surface area (Å²) in [4.78, 5) is 0. The maximum absolute atomic E-state index is 12.4. The highest BCUT2D eigenvalue weighted by Gasteiger charge is 2.28. The van der Waals surface area contributed by atoms with E-state index in [1.54, 1.807) is 23.1 Å². The highest BCUT2D eigenvalue weighted by Crippen LogP contribution is 2.32. The Morgan fingerprint density at radius 3 is 2.83 bits per heavy atom. The Kier molecular flexibility index (Phi) is 4.62. The summed E-state index contributed by atoms with van der Waals surface area (Å²) in [5.41, 5.74) is 1.08. The van der Waals surface area contributed by atoms with Crippen LogP contribution in [0.2, 0.25) is 5.02 Å². The zero-order valence-corrected chi connectivity index (χ0v) is 13.6. The number of nitrogens with zero attached hydrogens (tertiary/aromatic N) is 4. The number of benzene rings is 1. The molecule has 0 saturated carbocycles. The van der Waals surface area contributed by atoms with E-state index in [1.807, 2.05) is 19.2 Å². The fourth-order valence-corrected chi connectivity index (χ4v) is 2.65. The van der Waals surface area contributed by atoms with Gasteiger partial charge in [-0.3, -0.25) is 4.68 Å². The van der Waals surface area contributed by atoms with Crippen LogP contribution in [0.25, 0.3) is 11.1 Å². The fourth-order valence-electron chi connectivity index (χ4n) is 2.49. The first kappa shape index (κ1) is 16.6. The van der Waals surface area contributed by atoms with E-state index >= 15 is 0 Å². The van der Waals surface area contributed by atoms with Gasteiger partial charge >= 0.3 is 6.61 Å². The van der Waals surface area contributed by atoms with Crippen LogP contribution in [0.3, 0.4) is 0 Å². The summed E-state index contributed by atoms with van der Waals surface area (Å²) in [7, 11) is 0. The van der Waals surface area contributed by atoms with Crippen molar-refractivity contribution in [2.75, 3.05) is 0 Å². The molecule has 0 spiro atoms. The summed E-state index contributed by atoms with van der Waals surface area (Å²) in [5, 5.41) is 12.6. The lowest BCUT2D eigenvalue weighted by atomic mass is 9.98. The number of alkyl halides is 2. The van der Waals surface area contributed by atoms with Crippen molar-refractivity contribution in [1.29, 1.82) is 0 Å². The molecule has 8 heteroatoms. The first-order chi connectivity index (χ1) is 11.5. The van der Waals surface area contributed by atoms with Gasteiger partial charge in [-0.15, -0.1) is 0 Å². The smallest absolute Gasteiger partial charge is 0.387 e. The number of azo groups is 1. The van der Waals surface area contributed by atoms with Crippen molar-refractivity contribution in [3.63, 3.8) is 0 Å². The largest absolute Gasteiger partial charge is 0.433 e. The molecule has 126 valence electrons. The van der Waals surface area contributed by atoms with E-state index in [2.05, 4.69) is 20.1 Å². The predicted octanol–water partition coefficient (Wildman–Crippen LogP) is 4.93. The molecule has 1 aromatic carbocycles. The summed E-state index contributed by atoms with van der Waals surface area (Å²) in [6, 6.07) is 4.72. The topological polar surface area (TPSA) is 51.8 Å². The molecule has 1 aliphatic rings. The number of aromatic nitrogens is 2. The van der Waals surface area contributed by atoms with Crippen LogP contribution in [-0.2, 0) is 6.54 Å². The third kappa shape index (κ3) is 3.46. The Bertz CT molecular complexity index is 776. The zero-order chi connectivity index (χ0) is 17.2. The molecule has 1 aliphatic heterocycles. The van der Waals surface area contributed by atoms with Gasteiger partial charge in [0.15, 0.2) is 0 Å². The molecule has 1 unspecified atom stereocenters. The molecular weight excluding hydrogens is 338 g/mol. The van der Waals surface area contributed by atoms with Crippen molar-refractivity contribution in [2.45, 2.75) is 32.0 Å².